The summed E-state index contributed by atoms with van der Waals surface area (Å²) in [5.74, 6) is -0.544. The molecule has 0 N–H and O–H groups in total. The van der Waals surface area contributed by atoms with Gasteiger partial charge in [-0.15, -0.1) is 11.3 Å². The molecular formula is C20H24N2O3S. The summed E-state index contributed by atoms with van der Waals surface area (Å²) in [7, 11) is 0. The summed E-state index contributed by atoms with van der Waals surface area (Å²) in [5.41, 5.74) is 1.28. The maximum absolute atomic E-state index is 12.6. The number of aryl methyl sites for hydroxylation is 1. The van der Waals surface area contributed by atoms with E-state index in [1.807, 2.05) is 31.2 Å². The largest absolute Gasteiger partial charge is 0.448 e. The van der Waals surface area contributed by atoms with Gasteiger partial charge in [-0.3, -0.25) is 9.69 Å². The van der Waals surface area contributed by atoms with Gasteiger partial charge in [0.05, 0.1) is 0 Å². The number of hydrogen-bond acceptors (Lipinski definition) is 5. The molecule has 26 heavy (non-hydrogen) atoms. The highest BCUT2D eigenvalue weighted by Gasteiger charge is 2.27. The highest BCUT2D eigenvalue weighted by atomic mass is 32.1. The lowest BCUT2D eigenvalue weighted by atomic mass is 10.2. The second-order valence-corrected chi connectivity index (χ2v) is 7.83. The zero-order valence-corrected chi connectivity index (χ0v) is 16.0. The minimum Gasteiger partial charge on any atom is -0.448 e. The van der Waals surface area contributed by atoms with Crippen LogP contribution < -0.4 is 0 Å². The maximum atomic E-state index is 12.6. The minimum absolute atomic E-state index is 0.119. The Morgan fingerprint density at radius 1 is 1.08 bits per heavy atom. The van der Waals surface area contributed by atoms with Gasteiger partial charge in [-0.05, 0) is 31.5 Å². The fourth-order valence-electron chi connectivity index (χ4n) is 3.04. The van der Waals surface area contributed by atoms with Crippen LogP contribution in [0.15, 0.2) is 42.5 Å². The number of carbonyl (C=O) groups is 2. The summed E-state index contributed by atoms with van der Waals surface area (Å²) in [4.78, 5) is 30.4. The topological polar surface area (TPSA) is 49.9 Å². The molecule has 1 aromatic heterocycles. The quantitative estimate of drug-likeness (QED) is 0.757. The van der Waals surface area contributed by atoms with Crippen molar-refractivity contribution in [3.05, 3.63) is 57.8 Å². The maximum Gasteiger partial charge on any atom is 0.349 e. The molecule has 0 radical (unpaired) electrons. The van der Waals surface area contributed by atoms with Crippen molar-refractivity contribution in [3.63, 3.8) is 0 Å². The van der Waals surface area contributed by atoms with Crippen LogP contribution in [-0.4, -0.2) is 54.0 Å². The molecular weight excluding hydrogens is 348 g/mol. The van der Waals surface area contributed by atoms with Gasteiger partial charge in [-0.1, -0.05) is 30.3 Å². The summed E-state index contributed by atoms with van der Waals surface area (Å²) in [6.45, 7) is 7.45. The van der Waals surface area contributed by atoms with Gasteiger partial charge in [0.25, 0.3) is 5.91 Å². The van der Waals surface area contributed by atoms with E-state index in [2.05, 4.69) is 17.0 Å². The number of amides is 1. The lowest BCUT2D eigenvalue weighted by Gasteiger charge is -2.35. The molecule has 1 saturated heterocycles. The Morgan fingerprint density at radius 2 is 1.77 bits per heavy atom. The molecule has 1 aromatic carbocycles. The Labute approximate surface area is 158 Å². The van der Waals surface area contributed by atoms with Crippen molar-refractivity contribution in [1.82, 2.24) is 9.80 Å². The molecule has 1 aliphatic heterocycles. The van der Waals surface area contributed by atoms with Gasteiger partial charge >= 0.3 is 5.97 Å². The first-order chi connectivity index (χ1) is 12.5. The van der Waals surface area contributed by atoms with Crippen molar-refractivity contribution < 1.29 is 14.3 Å². The number of benzene rings is 1. The van der Waals surface area contributed by atoms with E-state index < -0.39 is 12.1 Å². The Bertz CT molecular complexity index is 751. The molecule has 1 unspecified atom stereocenters. The van der Waals surface area contributed by atoms with Gasteiger partial charge < -0.3 is 9.64 Å². The van der Waals surface area contributed by atoms with E-state index in [9.17, 15) is 9.59 Å². The highest BCUT2D eigenvalue weighted by molar-refractivity contribution is 7.13. The average molecular weight is 372 g/mol. The summed E-state index contributed by atoms with van der Waals surface area (Å²) >= 11 is 1.38. The molecule has 6 heteroatoms. The molecule has 0 bridgehead atoms. The van der Waals surface area contributed by atoms with Crippen LogP contribution >= 0.6 is 11.3 Å². The number of piperazine rings is 1. The Hall–Kier alpha value is -2.18. The van der Waals surface area contributed by atoms with Crippen molar-refractivity contribution in [2.75, 3.05) is 26.2 Å². The van der Waals surface area contributed by atoms with Crippen molar-refractivity contribution in [2.24, 2.45) is 0 Å². The average Bonchev–Trinajstić information content (AvgIpc) is 3.09. The molecule has 0 saturated carbocycles. The van der Waals surface area contributed by atoms with Gasteiger partial charge in [-0.25, -0.2) is 4.79 Å². The molecule has 1 amide bonds. The zero-order chi connectivity index (χ0) is 18.5. The molecule has 0 spiro atoms. The van der Waals surface area contributed by atoms with Crippen molar-refractivity contribution in [2.45, 2.75) is 26.5 Å². The summed E-state index contributed by atoms with van der Waals surface area (Å²) in [5, 5.41) is 0. The first-order valence-electron chi connectivity index (χ1n) is 8.85. The van der Waals surface area contributed by atoms with E-state index in [1.54, 1.807) is 17.9 Å². The normalized spacial score (nSPS) is 16.3. The molecule has 3 rings (SSSR count). The number of rotatable bonds is 5. The fraction of sp³-hybridized carbons (Fsp3) is 0.400. The monoisotopic (exact) mass is 372 g/mol. The predicted octanol–water partition coefficient (Wildman–Crippen LogP) is 2.95. The number of hydrogen-bond donors (Lipinski definition) is 0. The fourth-order valence-corrected chi connectivity index (χ4v) is 3.79. The molecule has 2 aromatic rings. The minimum atomic E-state index is -0.759. The molecule has 0 aliphatic carbocycles. The SMILES string of the molecule is Cc1ccc(C(=O)OC(C)C(=O)N2CCN(Cc3ccccc3)CC2)s1. The van der Waals surface area contributed by atoms with Crippen LogP contribution in [-0.2, 0) is 16.1 Å². The summed E-state index contributed by atoms with van der Waals surface area (Å²) in [6.07, 6.45) is -0.759. The van der Waals surface area contributed by atoms with Crippen molar-refractivity contribution >= 4 is 23.2 Å². The Balaban J connectivity index is 1.47. The Kier molecular flexibility index (Phi) is 6.06. The van der Waals surface area contributed by atoms with Gasteiger partial charge in [0.2, 0.25) is 0 Å². The number of carbonyl (C=O) groups excluding carboxylic acids is 2. The van der Waals surface area contributed by atoms with E-state index >= 15 is 0 Å². The van der Waals surface area contributed by atoms with Gasteiger partial charge in [0.15, 0.2) is 6.10 Å². The number of ether oxygens (including phenoxy) is 1. The van der Waals surface area contributed by atoms with Crippen LogP contribution in [0.4, 0.5) is 0 Å². The summed E-state index contributed by atoms with van der Waals surface area (Å²) in [6, 6.07) is 13.9. The number of nitrogens with zero attached hydrogens (tertiary/aromatic N) is 2. The first-order valence-corrected chi connectivity index (χ1v) is 9.67. The lowest BCUT2D eigenvalue weighted by molar-refractivity contribution is -0.141. The molecule has 5 nitrogen and oxygen atoms in total. The van der Waals surface area contributed by atoms with Gasteiger partial charge in [0.1, 0.15) is 4.88 Å². The van der Waals surface area contributed by atoms with E-state index in [4.69, 9.17) is 4.74 Å². The first kappa shape index (κ1) is 18.6. The Morgan fingerprint density at radius 3 is 2.38 bits per heavy atom. The van der Waals surface area contributed by atoms with Crippen molar-refractivity contribution in [1.29, 1.82) is 0 Å². The lowest BCUT2D eigenvalue weighted by Crippen LogP contribution is -2.51. The van der Waals surface area contributed by atoms with Gasteiger partial charge in [-0.2, -0.15) is 0 Å². The number of esters is 1. The smallest absolute Gasteiger partial charge is 0.349 e. The molecule has 138 valence electrons. The number of thiophene rings is 1. The molecule has 1 fully saturated rings. The van der Waals surface area contributed by atoms with Crippen LogP contribution in [0.1, 0.15) is 27.0 Å². The van der Waals surface area contributed by atoms with E-state index in [0.29, 0.717) is 18.0 Å². The second kappa shape index (κ2) is 8.47. The standard InChI is InChI=1S/C20H24N2O3S/c1-15-8-9-18(26-15)20(24)25-16(2)19(23)22-12-10-21(11-13-22)14-17-6-4-3-5-7-17/h3-9,16H,10-14H2,1-2H3. The second-order valence-electron chi connectivity index (χ2n) is 6.54. The van der Waals surface area contributed by atoms with Crippen LogP contribution in [0.25, 0.3) is 0 Å². The predicted molar refractivity (Wildman–Crippen MR) is 102 cm³/mol. The highest BCUT2D eigenvalue weighted by Crippen LogP contribution is 2.17. The molecule has 2 heterocycles. The zero-order valence-electron chi connectivity index (χ0n) is 15.2. The third kappa shape index (κ3) is 4.71. The van der Waals surface area contributed by atoms with Crippen LogP contribution in [0.5, 0.6) is 0 Å². The molecule has 1 aliphatic rings. The van der Waals surface area contributed by atoms with Crippen LogP contribution in [0, 0.1) is 6.92 Å². The molecule has 1 atom stereocenters. The van der Waals surface area contributed by atoms with Gasteiger partial charge in [0, 0.05) is 37.6 Å². The third-order valence-corrected chi connectivity index (χ3v) is 5.49. The van der Waals surface area contributed by atoms with Crippen LogP contribution in [0.3, 0.4) is 0 Å². The van der Waals surface area contributed by atoms with E-state index in [-0.39, 0.29) is 5.91 Å². The van der Waals surface area contributed by atoms with Crippen LogP contribution in [0.2, 0.25) is 0 Å². The van der Waals surface area contributed by atoms with E-state index in [1.165, 1.54) is 16.9 Å². The van der Waals surface area contributed by atoms with E-state index in [0.717, 1.165) is 24.5 Å². The summed E-state index contributed by atoms with van der Waals surface area (Å²) < 4.78 is 5.35. The third-order valence-electron chi connectivity index (χ3n) is 4.51. The van der Waals surface area contributed by atoms with Crippen molar-refractivity contribution in [3.8, 4) is 0 Å².